The number of hydrogen-bond donors (Lipinski definition) is 1. The number of amides is 1. The minimum absolute atomic E-state index is 0.132. The number of nitrogens with one attached hydrogen (secondary N) is 1. The highest BCUT2D eigenvalue weighted by atomic mass is 32.2. The number of ether oxygens (including phenoxy) is 1. The Kier molecular flexibility index (Phi) is 5.75. The summed E-state index contributed by atoms with van der Waals surface area (Å²) in [5.74, 6) is 0.609. The third-order valence-corrected chi connectivity index (χ3v) is 4.42. The van der Waals surface area contributed by atoms with Gasteiger partial charge < -0.3 is 10.1 Å². The van der Waals surface area contributed by atoms with Crippen LogP contribution in [-0.4, -0.2) is 12.2 Å². The van der Waals surface area contributed by atoms with E-state index in [0.29, 0.717) is 12.2 Å². The minimum Gasteiger partial charge on any atom is -0.489 e. The summed E-state index contributed by atoms with van der Waals surface area (Å²) < 4.78 is 5.74. The van der Waals surface area contributed by atoms with Gasteiger partial charge in [-0.25, -0.2) is 0 Å². The van der Waals surface area contributed by atoms with Crippen molar-refractivity contribution in [3.63, 3.8) is 0 Å². The highest BCUT2D eigenvalue weighted by Crippen LogP contribution is 2.20. The lowest BCUT2D eigenvalue weighted by Crippen LogP contribution is -2.11. The lowest BCUT2D eigenvalue weighted by atomic mass is 10.2. The molecule has 0 saturated carbocycles. The molecule has 4 heteroatoms. The average Bonchev–Trinajstić information content (AvgIpc) is 2.67. The number of anilines is 1. The molecule has 3 rings (SSSR count). The molecule has 1 amide bonds. The summed E-state index contributed by atoms with van der Waals surface area (Å²) in [6.45, 7) is 0.508. The topological polar surface area (TPSA) is 38.3 Å². The molecule has 0 heterocycles. The van der Waals surface area contributed by atoms with E-state index >= 15 is 0 Å². The van der Waals surface area contributed by atoms with E-state index in [1.165, 1.54) is 0 Å². The van der Waals surface area contributed by atoms with Gasteiger partial charge in [-0.15, -0.1) is 11.8 Å². The van der Waals surface area contributed by atoms with Crippen LogP contribution in [0.1, 0.15) is 15.9 Å². The van der Waals surface area contributed by atoms with Gasteiger partial charge in [-0.2, -0.15) is 0 Å². The number of benzene rings is 3. The van der Waals surface area contributed by atoms with Gasteiger partial charge in [-0.05, 0) is 54.3 Å². The van der Waals surface area contributed by atoms with Gasteiger partial charge in [-0.3, -0.25) is 4.79 Å². The predicted octanol–water partition coefficient (Wildman–Crippen LogP) is 5.24. The third kappa shape index (κ3) is 4.88. The number of hydrogen-bond acceptors (Lipinski definition) is 3. The first-order valence-electron chi connectivity index (χ1n) is 7.97. The molecule has 25 heavy (non-hydrogen) atoms. The van der Waals surface area contributed by atoms with Gasteiger partial charge in [0.2, 0.25) is 0 Å². The van der Waals surface area contributed by atoms with Crippen LogP contribution in [0.4, 0.5) is 5.69 Å². The van der Waals surface area contributed by atoms with Crippen LogP contribution in [0.2, 0.25) is 0 Å². The first kappa shape index (κ1) is 17.1. The van der Waals surface area contributed by atoms with Gasteiger partial charge in [0, 0.05) is 16.1 Å². The van der Waals surface area contributed by atoms with Crippen molar-refractivity contribution in [2.45, 2.75) is 11.5 Å². The molecule has 0 saturated heterocycles. The predicted molar refractivity (Wildman–Crippen MR) is 103 cm³/mol. The molecule has 0 fully saturated rings. The van der Waals surface area contributed by atoms with E-state index in [1.54, 1.807) is 23.9 Å². The Morgan fingerprint density at radius 3 is 2.44 bits per heavy atom. The molecule has 126 valence electrons. The van der Waals surface area contributed by atoms with E-state index in [4.69, 9.17) is 4.74 Å². The zero-order valence-corrected chi connectivity index (χ0v) is 14.8. The molecule has 0 radical (unpaired) electrons. The Morgan fingerprint density at radius 2 is 1.72 bits per heavy atom. The Balaban J connectivity index is 1.60. The molecule has 3 aromatic carbocycles. The molecule has 1 N–H and O–H groups in total. The number of carbonyl (C=O) groups is 1. The van der Waals surface area contributed by atoms with Gasteiger partial charge in [0.1, 0.15) is 12.4 Å². The average molecular weight is 349 g/mol. The quantitative estimate of drug-likeness (QED) is 0.619. The first-order valence-corrected chi connectivity index (χ1v) is 9.19. The molecule has 0 aromatic heterocycles. The second kappa shape index (κ2) is 8.40. The maximum Gasteiger partial charge on any atom is 0.255 e. The molecule has 0 unspecified atom stereocenters. The van der Waals surface area contributed by atoms with Crippen molar-refractivity contribution >= 4 is 23.4 Å². The van der Waals surface area contributed by atoms with Crippen LogP contribution in [0.25, 0.3) is 0 Å². The van der Waals surface area contributed by atoms with E-state index in [2.05, 4.69) is 5.32 Å². The van der Waals surface area contributed by atoms with Crippen LogP contribution < -0.4 is 10.1 Å². The van der Waals surface area contributed by atoms with Crippen molar-refractivity contribution in [3.8, 4) is 5.75 Å². The van der Waals surface area contributed by atoms with Gasteiger partial charge in [0.15, 0.2) is 0 Å². The van der Waals surface area contributed by atoms with Crippen molar-refractivity contribution in [1.29, 1.82) is 0 Å². The normalized spacial score (nSPS) is 10.3. The zero-order chi connectivity index (χ0) is 17.5. The maximum atomic E-state index is 12.3. The fourth-order valence-electron chi connectivity index (χ4n) is 2.35. The molecule has 0 aliphatic rings. The highest BCUT2D eigenvalue weighted by Gasteiger charge is 2.07. The van der Waals surface area contributed by atoms with Crippen LogP contribution in [0.5, 0.6) is 5.75 Å². The summed E-state index contributed by atoms with van der Waals surface area (Å²) >= 11 is 1.64. The van der Waals surface area contributed by atoms with Crippen molar-refractivity contribution in [3.05, 3.63) is 90.0 Å². The third-order valence-electron chi connectivity index (χ3n) is 3.69. The zero-order valence-electron chi connectivity index (χ0n) is 13.9. The Bertz CT molecular complexity index is 832. The molecule has 0 aliphatic heterocycles. The van der Waals surface area contributed by atoms with Gasteiger partial charge in [0.05, 0.1) is 0 Å². The number of thioether (sulfide) groups is 1. The van der Waals surface area contributed by atoms with E-state index in [9.17, 15) is 4.79 Å². The summed E-state index contributed by atoms with van der Waals surface area (Å²) in [4.78, 5) is 13.5. The van der Waals surface area contributed by atoms with Crippen LogP contribution in [0.3, 0.4) is 0 Å². The summed E-state index contributed by atoms with van der Waals surface area (Å²) in [6.07, 6.45) is 2.01. The van der Waals surface area contributed by atoms with Crippen LogP contribution >= 0.6 is 11.8 Å². The van der Waals surface area contributed by atoms with Gasteiger partial charge >= 0.3 is 0 Å². The van der Waals surface area contributed by atoms with E-state index in [-0.39, 0.29) is 5.91 Å². The largest absolute Gasteiger partial charge is 0.489 e. The number of carbonyl (C=O) groups excluding carboxylic acids is 1. The van der Waals surface area contributed by atoms with E-state index in [0.717, 1.165) is 21.9 Å². The van der Waals surface area contributed by atoms with Crippen molar-refractivity contribution in [1.82, 2.24) is 0 Å². The van der Waals surface area contributed by atoms with Crippen molar-refractivity contribution < 1.29 is 9.53 Å². The molecule has 0 spiro atoms. The van der Waals surface area contributed by atoms with Crippen LogP contribution in [0.15, 0.2) is 83.8 Å². The van der Waals surface area contributed by atoms with Crippen LogP contribution in [-0.2, 0) is 6.61 Å². The molecular formula is C21H19NO2S. The molecule has 0 bridgehead atoms. The molecular weight excluding hydrogens is 330 g/mol. The van der Waals surface area contributed by atoms with Gasteiger partial charge in [0.25, 0.3) is 5.91 Å². The minimum atomic E-state index is -0.132. The number of rotatable bonds is 6. The fourth-order valence-corrected chi connectivity index (χ4v) is 2.81. The highest BCUT2D eigenvalue weighted by molar-refractivity contribution is 7.98. The Labute approximate surface area is 152 Å². The lowest BCUT2D eigenvalue weighted by molar-refractivity contribution is 0.102. The molecule has 0 atom stereocenters. The Morgan fingerprint density at radius 1 is 0.960 bits per heavy atom. The smallest absolute Gasteiger partial charge is 0.255 e. The van der Waals surface area contributed by atoms with E-state index < -0.39 is 0 Å². The molecule has 3 nitrogen and oxygen atoms in total. The van der Waals surface area contributed by atoms with Gasteiger partial charge in [-0.1, -0.05) is 36.4 Å². The second-order valence-corrected chi connectivity index (χ2v) is 6.36. The summed E-state index contributed by atoms with van der Waals surface area (Å²) in [5.41, 5.74) is 2.50. The summed E-state index contributed by atoms with van der Waals surface area (Å²) in [7, 11) is 0. The monoisotopic (exact) mass is 349 g/mol. The fraction of sp³-hybridized carbons (Fsp3) is 0.0952. The van der Waals surface area contributed by atoms with Crippen molar-refractivity contribution in [2.75, 3.05) is 11.6 Å². The second-order valence-electron chi connectivity index (χ2n) is 5.48. The van der Waals surface area contributed by atoms with E-state index in [1.807, 2.05) is 73.0 Å². The summed E-state index contributed by atoms with van der Waals surface area (Å²) in [5, 5.41) is 2.92. The first-order chi connectivity index (χ1) is 12.2. The van der Waals surface area contributed by atoms with Crippen LogP contribution in [0, 0.1) is 0 Å². The maximum absolute atomic E-state index is 12.3. The van der Waals surface area contributed by atoms with Crippen molar-refractivity contribution in [2.24, 2.45) is 0 Å². The molecule has 3 aromatic rings. The Hall–Kier alpha value is -2.72. The SMILES string of the molecule is CSc1cccc(NC(=O)c2ccc(OCc3ccccc3)cc2)c1. The summed E-state index contributed by atoms with van der Waals surface area (Å²) in [6, 6.07) is 24.9. The standard InChI is InChI=1S/C21H19NO2S/c1-25-20-9-5-8-18(14-20)22-21(23)17-10-12-19(13-11-17)24-15-16-6-3-2-4-7-16/h2-14H,15H2,1H3,(H,22,23). The molecule has 0 aliphatic carbocycles. The lowest BCUT2D eigenvalue weighted by Gasteiger charge is -2.09.